The van der Waals surface area contributed by atoms with Crippen LogP contribution in [0.2, 0.25) is 5.02 Å². The standard InChI is InChI=1S/C6H3ClFNO4S/c7-4-2-1-3-5(14(8,12)13)6(4)9(10)11/h1-3H. The van der Waals surface area contributed by atoms with E-state index in [9.17, 15) is 22.4 Å². The average molecular weight is 240 g/mol. The molecule has 8 heteroatoms. The summed E-state index contributed by atoms with van der Waals surface area (Å²) in [6, 6.07) is 3.00. The lowest BCUT2D eigenvalue weighted by Gasteiger charge is -1.98. The van der Waals surface area contributed by atoms with Gasteiger partial charge in [0.1, 0.15) is 5.02 Å². The molecule has 0 aromatic heterocycles. The second-order valence-corrected chi connectivity index (χ2v) is 4.00. The van der Waals surface area contributed by atoms with Crippen LogP contribution in [0.1, 0.15) is 0 Å². The molecule has 14 heavy (non-hydrogen) atoms. The van der Waals surface area contributed by atoms with Gasteiger partial charge < -0.3 is 0 Å². The van der Waals surface area contributed by atoms with E-state index < -0.39 is 30.8 Å². The molecule has 0 amide bonds. The molecule has 0 aliphatic carbocycles. The van der Waals surface area contributed by atoms with E-state index >= 15 is 0 Å². The van der Waals surface area contributed by atoms with Gasteiger partial charge in [-0.05, 0) is 12.1 Å². The van der Waals surface area contributed by atoms with Gasteiger partial charge in [0, 0.05) is 0 Å². The van der Waals surface area contributed by atoms with E-state index in [1.165, 1.54) is 0 Å². The van der Waals surface area contributed by atoms with E-state index in [1.807, 2.05) is 0 Å². The molecular weight excluding hydrogens is 237 g/mol. The van der Waals surface area contributed by atoms with Crippen LogP contribution in [-0.2, 0) is 10.2 Å². The number of nitrogens with zero attached hydrogens (tertiary/aromatic N) is 1. The number of rotatable bonds is 2. The molecule has 1 aromatic carbocycles. The molecule has 0 heterocycles. The third-order valence-corrected chi connectivity index (χ3v) is 2.55. The highest BCUT2D eigenvalue weighted by atomic mass is 35.5. The minimum Gasteiger partial charge on any atom is -0.258 e. The summed E-state index contributed by atoms with van der Waals surface area (Å²) < 4.78 is 33.5. The lowest BCUT2D eigenvalue weighted by molar-refractivity contribution is -0.387. The second-order valence-electron chi connectivity index (χ2n) is 2.28. The van der Waals surface area contributed by atoms with E-state index in [0.29, 0.717) is 0 Å². The van der Waals surface area contributed by atoms with Crippen molar-refractivity contribution >= 4 is 27.5 Å². The van der Waals surface area contributed by atoms with Crippen molar-refractivity contribution in [2.75, 3.05) is 0 Å². The van der Waals surface area contributed by atoms with Gasteiger partial charge in [0.15, 0.2) is 4.90 Å². The zero-order valence-electron chi connectivity index (χ0n) is 6.48. The maximum absolute atomic E-state index is 12.5. The maximum Gasteiger partial charge on any atom is 0.339 e. The van der Waals surface area contributed by atoms with E-state index in [2.05, 4.69) is 0 Å². The normalized spacial score (nSPS) is 11.3. The molecule has 0 unspecified atom stereocenters. The van der Waals surface area contributed by atoms with Crippen LogP contribution in [-0.4, -0.2) is 13.3 Å². The van der Waals surface area contributed by atoms with Crippen LogP contribution in [0.25, 0.3) is 0 Å². The Bertz CT molecular complexity index is 487. The molecule has 0 fully saturated rings. The quantitative estimate of drug-likeness (QED) is 0.449. The molecule has 0 aliphatic heterocycles. The first kappa shape index (κ1) is 10.9. The monoisotopic (exact) mass is 239 g/mol. The van der Waals surface area contributed by atoms with E-state index in [1.54, 1.807) is 0 Å². The number of halogens is 2. The first-order chi connectivity index (χ1) is 6.34. The van der Waals surface area contributed by atoms with Crippen molar-refractivity contribution in [3.05, 3.63) is 33.3 Å². The third kappa shape index (κ3) is 1.99. The predicted octanol–water partition coefficient (Wildman–Crippen LogP) is 1.91. The van der Waals surface area contributed by atoms with Gasteiger partial charge in [0.25, 0.3) is 0 Å². The van der Waals surface area contributed by atoms with Crippen LogP contribution in [0.4, 0.5) is 9.57 Å². The third-order valence-electron chi connectivity index (χ3n) is 1.40. The highest BCUT2D eigenvalue weighted by Gasteiger charge is 2.27. The van der Waals surface area contributed by atoms with Crippen LogP contribution >= 0.6 is 11.6 Å². The van der Waals surface area contributed by atoms with Gasteiger partial charge >= 0.3 is 15.9 Å². The molecule has 0 saturated carbocycles. The van der Waals surface area contributed by atoms with E-state index in [4.69, 9.17) is 11.6 Å². The molecule has 0 saturated heterocycles. The highest BCUT2D eigenvalue weighted by molar-refractivity contribution is 7.86. The smallest absolute Gasteiger partial charge is 0.258 e. The largest absolute Gasteiger partial charge is 0.339 e. The maximum atomic E-state index is 12.5. The lowest BCUT2D eigenvalue weighted by atomic mass is 10.3. The highest BCUT2D eigenvalue weighted by Crippen LogP contribution is 2.32. The lowest BCUT2D eigenvalue weighted by Crippen LogP contribution is -1.99. The summed E-state index contributed by atoms with van der Waals surface area (Å²) in [5.41, 5.74) is -0.948. The SMILES string of the molecule is O=[N+]([O-])c1c(Cl)cccc1S(=O)(=O)F. The molecular formula is C6H3ClFNO4S. The van der Waals surface area contributed by atoms with Gasteiger partial charge in [-0.15, -0.1) is 3.89 Å². The van der Waals surface area contributed by atoms with Gasteiger partial charge in [0.2, 0.25) is 0 Å². The Kier molecular flexibility index (Phi) is 2.72. The van der Waals surface area contributed by atoms with Crippen LogP contribution in [0.15, 0.2) is 23.1 Å². The van der Waals surface area contributed by atoms with Crippen LogP contribution < -0.4 is 0 Å². The Hall–Kier alpha value is -1.21. The minimum absolute atomic E-state index is 0.422. The summed E-state index contributed by atoms with van der Waals surface area (Å²) in [7, 11) is -5.13. The summed E-state index contributed by atoms with van der Waals surface area (Å²) >= 11 is 5.36. The molecule has 0 bridgehead atoms. The van der Waals surface area contributed by atoms with Crippen molar-refractivity contribution in [1.82, 2.24) is 0 Å². The number of nitro groups is 1. The molecule has 0 atom stereocenters. The molecule has 5 nitrogen and oxygen atoms in total. The number of hydrogen-bond acceptors (Lipinski definition) is 4. The molecule has 0 N–H and O–H groups in total. The van der Waals surface area contributed by atoms with Crippen LogP contribution in [0, 0.1) is 10.1 Å². The first-order valence-electron chi connectivity index (χ1n) is 3.21. The molecule has 0 radical (unpaired) electrons. The van der Waals surface area contributed by atoms with Gasteiger partial charge in [-0.25, -0.2) is 0 Å². The number of benzene rings is 1. The Morgan fingerprint density at radius 3 is 2.36 bits per heavy atom. The Balaban J connectivity index is 3.61. The Morgan fingerprint density at radius 1 is 1.43 bits per heavy atom. The van der Waals surface area contributed by atoms with Gasteiger partial charge in [-0.3, -0.25) is 10.1 Å². The van der Waals surface area contributed by atoms with Crippen molar-refractivity contribution in [1.29, 1.82) is 0 Å². The molecule has 76 valence electrons. The summed E-state index contributed by atoms with van der Waals surface area (Å²) in [5, 5.41) is 9.96. The van der Waals surface area contributed by atoms with Crippen molar-refractivity contribution in [3.63, 3.8) is 0 Å². The summed E-state index contributed by atoms with van der Waals surface area (Å²) in [6.45, 7) is 0. The van der Waals surface area contributed by atoms with Crippen molar-refractivity contribution < 1.29 is 17.2 Å². The zero-order valence-corrected chi connectivity index (χ0v) is 8.05. The molecule has 1 rings (SSSR count). The van der Waals surface area contributed by atoms with Gasteiger partial charge in [0.05, 0.1) is 4.92 Å². The fourth-order valence-corrected chi connectivity index (χ4v) is 1.83. The summed E-state index contributed by atoms with van der Waals surface area (Å²) in [6.07, 6.45) is 0. The van der Waals surface area contributed by atoms with Crippen LogP contribution in [0.5, 0.6) is 0 Å². The number of para-hydroxylation sites is 1. The van der Waals surface area contributed by atoms with Crippen molar-refractivity contribution in [2.24, 2.45) is 0 Å². The number of hydrogen-bond donors (Lipinski definition) is 0. The Morgan fingerprint density at radius 2 is 2.00 bits per heavy atom. The van der Waals surface area contributed by atoms with Crippen molar-refractivity contribution in [2.45, 2.75) is 4.90 Å². The fourth-order valence-electron chi connectivity index (χ4n) is 0.869. The van der Waals surface area contributed by atoms with Crippen molar-refractivity contribution in [3.8, 4) is 0 Å². The summed E-state index contributed by atoms with van der Waals surface area (Å²) in [5.74, 6) is 0. The zero-order chi connectivity index (χ0) is 10.9. The second kappa shape index (κ2) is 3.50. The minimum atomic E-state index is -5.13. The topological polar surface area (TPSA) is 77.3 Å². The molecule has 0 aliphatic rings. The van der Waals surface area contributed by atoms with E-state index in [0.717, 1.165) is 18.2 Å². The van der Waals surface area contributed by atoms with E-state index in [-0.39, 0.29) is 0 Å². The van der Waals surface area contributed by atoms with Gasteiger partial charge in [-0.1, -0.05) is 17.7 Å². The molecule has 0 spiro atoms. The van der Waals surface area contributed by atoms with Gasteiger partial charge in [-0.2, -0.15) is 8.42 Å². The Labute approximate surface area is 83.5 Å². The molecule has 1 aromatic rings. The summed E-state index contributed by atoms with van der Waals surface area (Å²) in [4.78, 5) is 8.30. The first-order valence-corrected chi connectivity index (χ1v) is 4.98. The van der Waals surface area contributed by atoms with Crippen LogP contribution in [0.3, 0.4) is 0 Å². The fraction of sp³-hybridized carbons (Fsp3) is 0. The average Bonchev–Trinajstić information content (AvgIpc) is 2.01. The predicted molar refractivity (Wildman–Crippen MR) is 46.4 cm³/mol. The number of nitro benzene ring substituents is 1.